The SMILES string of the molecule is CCCCCNC(=O)Nc1c(N)cccc1OCCCn1cnc(-c2ccccc2)c1C. The van der Waals surface area contributed by atoms with Crippen LogP contribution in [0.4, 0.5) is 16.2 Å². The van der Waals surface area contributed by atoms with Gasteiger partial charge in [0.1, 0.15) is 11.4 Å². The number of unbranched alkanes of at least 4 members (excludes halogenated alkanes) is 2. The van der Waals surface area contributed by atoms with Gasteiger partial charge in [-0.2, -0.15) is 0 Å². The van der Waals surface area contributed by atoms with Crippen molar-refractivity contribution in [1.82, 2.24) is 14.9 Å². The van der Waals surface area contributed by atoms with Crippen molar-refractivity contribution >= 4 is 17.4 Å². The fraction of sp³-hybridized carbons (Fsp3) is 0.360. The van der Waals surface area contributed by atoms with Gasteiger partial charge in [-0.1, -0.05) is 56.2 Å². The Morgan fingerprint density at radius 3 is 2.69 bits per heavy atom. The number of hydrogen-bond donors (Lipinski definition) is 3. The first-order chi connectivity index (χ1) is 15.6. The minimum atomic E-state index is -0.272. The van der Waals surface area contributed by atoms with Crippen LogP contribution in [0.3, 0.4) is 0 Å². The van der Waals surface area contributed by atoms with E-state index in [0.717, 1.165) is 49.2 Å². The van der Waals surface area contributed by atoms with Crippen molar-refractivity contribution in [3.05, 3.63) is 60.6 Å². The van der Waals surface area contributed by atoms with Crippen LogP contribution in [-0.2, 0) is 6.54 Å². The predicted molar refractivity (Wildman–Crippen MR) is 130 cm³/mol. The van der Waals surface area contributed by atoms with Crippen LogP contribution in [0, 0.1) is 6.92 Å². The maximum absolute atomic E-state index is 12.2. The van der Waals surface area contributed by atoms with Gasteiger partial charge in [0.25, 0.3) is 0 Å². The third-order valence-electron chi connectivity index (χ3n) is 5.31. The predicted octanol–water partition coefficient (Wildman–Crippen LogP) is 5.22. The number of carbonyl (C=O) groups is 1. The second-order valence-corrected chi connectivity index (χ2v) is 7.75. The number of benzene rings is 2. The molecule has 1 aromatic heterocycles. The van der Waals surface area contributed by atoms with E-state index in [1.54, 1.807) is 6.07 Å². The molecule has 0 unspecified atom stereocenters. The molecule has 7 nitrogen and oxygen atoms in total. The van der Waals surface area contributed by atoms with Crippen LogP contribution in [-0.4, -0.2) is 28.7 Å². The summed E-state index contributed by atoms with van der Waals surface area (Å²) in [5.74, 6) is 0.570. The molecule has 0 atom stereocenters. The number of carbonyl (C=O) groups excluding carboxylic acids is 1. The van der Waals surface area contributed by atoms with Crippen molar-refractivity contribution in [1.29, 1.82) is 0 Å². The minimum absolute atomic E-state index is 0.272. The van der Waals surface area contributed by atoms with E-state index in [-0.39, 0.29) is 6.03 Å². The largest absolute Gasteiger partial charge is 0.491 e. The lowest BCUT2D eigenvalue weighted by Crippen LogP contribution is -2.30. The summed E-state index contributed by atoms with van der Waals surface area (Å²) < 4.78 is 8.09. The Labute approximate surface area is 190 Å². The minimum Gasteiger partial charge on any atom is -0.491 e. The number of nitrogen functional groups attached to an aromatic ring is 1. The van der Waals surface area contributed by atoms with Crippen molar-refractivity contribution in [2.24, 2.45) is 0 Å². The molecule has 0 aliphatic heterocycles. The molecule has 3 aromatic rings. The highest BCUT2D eigenvalue weighted by atomic mass is 16.5. The highest BCUT2D eigenvalue weighted by molar-refractivity contribution is 5.94. The molecule has 0 radical (unpaired) electrons. The van der Waals surface area contributed by atoms with Crippen molar-refractivity contribution < 1.29 is 9.53 Å². The number of hydrogen-bond acceptors (Lipinski definition) is 4. The molecule has 7 heteroatoms. The summed E-state index contributed by atoms with van der Waals surface area (Å²) in [5, 5.41) is 5.69. The number of nitrogens with two attached hydrogens (primary N) is 1. The van der Waals surface area contributed by atoms with Crippen molar-refractivity contribution in [3.63, 3.8) is 0 Å². The summed E-state index contributed by atoms with van der Waals surface area (Å²) in [4.78, 5) is 16.8. The van der Waals surface area contributed by atoms with Gasteiger partial charge in [0, 0.05) is 24.3 Å². The van der Waals surface area contributed by atoms with Crippen LogP contribution >= 0.6 is 0 Å². The number of amides is 2. The van der Waals surface area contributed by atoms with Crippen molar-refractivity contribution in [2.75, 3.05) is 24.2 Å². The molecule has 2 amide bonds. The van der Waals surface area contributed by atoms with Crippen LogP contribution in [0.2, 0.25) is 0 Å². The Balaban J connectivity index is 1.53. The Morgan fingerprint density at radius 1 is 1.09 bits per heavy atom. The Bertz CT molecular complexity index is 1000. The Hall–Kier alpha value is -3.48. The normalized spacial score (nSPS) is 10.7. The van der Waals surface area contributed by atoms with E-state index >= 15 is 0 Å². The number of nitrogens with one attached hydrogen (secondary N) is 2. The monoisotopic (exact) mass is 435 g/mol. The first-order valence-corrected chi connectivity index (χ1v) is 11.2. The van der Waals surface area contributed by atoms with Gasteiger partial charge in [0.2, 0.25) is 0 Å². The van der Waals surface area contributed by atoms with Gasteiger partial charge in [-0.15, -0.1) is 0 Å². The summed E-state index contributed by atoms with van der Waals surface area (Å²) in [5.41, 5.74) is 10.3. The first kappa shape index (κ1) is 23.2. The van der Waals surface area contributed by atoms with Gasteiger partial charge >= 0.3 is 6.03 Å². The molecule has 32 heavy (non-hydrogen) atoms. The van der Waals surface area contributed by atoms with Gasteiger partial charge in [0.15, 0.2) is 0 Å². The average molecular weight is 436 g/mol. The number of para-hydroxylation sites is 1. The molecule has 0 saturated carbocycles. The van der Waals surface area contributed by atoms with E-state index in [2.05, 4.69) is 46.2 Å². The summed E-state index contributed by atoms with van der Waals surface area (Å²) in [6.07, 6.45) is 5.82. The van der Waals surface area contributed by atoms with E-state index < -0.39 is 0 Å². The number of rotatable bonds is 11. The number of anilines is 2. The average Bonchev–Trinajstić information content (AvgIpc) is 3.17. The molecule has 0 saturated heterocycles. The van der Waals surface area contributed by atoms with Crippen LogP contribution < -0.4 is 21.1 Å². The van der Waals surface area contributed by atoms with Gasteiger partial charge in [0.05, 0.1) is 24.3 Å². The topological polar surface area (TPSA) is 94.2 Å². The van der Waals surface area contributed by atoms with E-state index in [1.807, 2.05) is 36.7 Å². The number of ether oxygens (including phenoxy) is 1. The van der Waals surface area contributed by atoms with Crippen LogP contribution in [0.25, 0.3) is 11.3 Å². The molecule has 0 fully saturated rings. The lowest BCUT2D eigenvalue weighted by Gasteiger charge is -2.15. The van der Waals surface area contributed by atoms with E-state index in [1.165, 1.54) is 0 Å². The van der Waals surface area contributed by atoms with Crippen LogP contribution in [0.15, 0.2) is 54.9 Å². The molecule has 170 valence electrons. The van der Waals surface area contributed by atoms with Crippen molar-refractivity contribution in [3.8, 4) is 17.0 Å². The zero-order valence-electron chi connectivity index (χ0n) is 18.9. The molecule has 3 rings (SSSR count). The summed E-state index contributed by atoms with van der Waals surface area (Å²) in [6.45, 7) is 6.13. The van der Waals surface area contributed by atoms with E-state index in [9.17, 15) is 4.79 Å². The number of nitrogens with zero attached hydrogens (tertiary/aromatic N) is 2. The third kappa shape index (κ3) is 6.26. The Morgan fingerprint density at radius 2 is 1.91 bits per heavy atom. The zero-order chi connectivity index (χ0) is 22.8. The zero-order valence-corrected chi connectivity index (χ0v) is 18.9. The molecule has 0 aliphatic carbocycles. The second kappa shape index (κ2) is 11.8. The van der Waals surface area contributed by atoms with Gasteiger partial charge in [-0.05, 0) is 31.9 Å². The van der Waals surface area contributed by atoms with Gasteiger partial charge in [-0.3, -0.25) is 0 Å². The number of urea groups is 1. The fourth-order valence-electron chi connectivity index (χ4n) is 3.50. The molecule has 0 bridgehead atoms. The summed E-state index contributed by atoms with van der Waals surface area (Å²) in [7, 11) is 0. The van der Waals surface area contributed by atoms with Crippen molar-refractivity contribution in [2.45, 2.75) is 46.1 Å². The lowest BCUT2D eigenvalue weighted by molar-refractivity contribution is 0.251. The highest BCUT2D eigenvalue weighted by Crippen LogP contribution is 2.30. The van der Waals surface area contributed by atoms with Gasteiger partial charge in [-0.25, -0.2) is 9.78 Å². The lowest BCUT2D eigenvalue weighted by atomic mass is 10.1. The molecular weight excluding hydrogens is 402 g/mol. The maximum atomic E-state index is 12.2. The molecule has 1 heterocycles. The quantitative estimate of drug-likeness (QED) is 0.284. The molecular formula is C25H33N5O2. The summed E-state index contributed by atoms with van der Waals surface area (Å²) in [6, 6.07) is 15.3. The highest BCUT2D eigenvalue weighted by Gasteiger charge is 2.12. The van der Waals surface area contributed by atoms with E-state index in [4.69, 9.17) is 10.5 Å². The Kier molecular flexibility index (Phi) is 8.54. The first-order valence-electron chi connectivity index (χ1n) is 11.2. The maximum Gasteiger partial charge on any atom is 0.319 e. The summed E-state index contributed by atoms with van der Waals surface area (Å²) >= 11 is 0. The number of aromatic nitrogens is 2. The van der Waals surface area contributed by atoms with E-state index in [0.29, 0.717) is 30.3 Å². The standard InChI is InChI=1S/C25H33N5O2/c1-3-4-8-15-27-25(31)29-24-21(26)13-9-14-22(24)32-17-10-16-30-18-28-23(19(30)2)20-11-6-5-7-12-20/h5-7,9,11-14,18H,3-4,8,10,15-17,26H2,1-2H3,(H2,27,29,31). The molecule has 0 aliphatic rings. The molecule has 2 aromatic carbocycles. The fourth-order valence-corrected chi connectivity index (χ4v) is 3.50. The number of aryl methyl sites for hydroxylation is 1. The van der Waals surface area contributed by atoms with Crippen LogP contribution in [0.1, 0.15) is 38.3 Å². The molecule has 4 N–H and O–H groups in total. The molecule has 0 spiro atoms. The third-order valence-corrected chi connectivity index (χ3v) is 5.31. The second-order valence-electron chi connectivity index (χ2n) is 7.75. The smallest absolute Gasteiger partial charge is 0.319 e. The van der Waals surface area contributed by atoms with Crippen LogP contribution in [0.5, 0.6) is 5.75 Å². The van der Waals surface area contributed by atoms with Gasteiger partial charge < -0.3 is 25.7 Å². The number of imidazole rings is 1.